The van der Waals surface area contributed by atoms with Crippen LogP contribution in [0.25, 0.3) is 0 Å². The third-order valence-electron chi connectivity index (χ3n) is 2.71. The molecule has 1 aromatic rings. The zero-order valence-corrected chi connectivity index (χ0v) is 10.6. The van der Waals surface area contributed by atoms with Crippen LogP contribution in [0.1, 0.15) is 17.3 Å². The second kappa shape index (κ2) is 5.40. The molecule has 0 fully saturated rings. The minimum absolute atomic E-state index is 0.0416. The number of nitrogens with one attached hydrogen (secondary N) is 1. The Hall–Kier alpha value is -2.25. The number of carboxylic acid groups (broad SMARTS) is 1. The summed E-state index contributed by atoms with van der Waals surface area (Å²) in [5.74, 6) is -3.35. The lowest BCUT2D eigenvalue weighted by molar-refractivity contribution is -0.203. The van der Waals surface area contributed by atoms with Crippen molar-refractivity contribution in [2.45, 2.75) is 18.6 Å². The van der Waals surface area contributed by atoms with Gasteiger partial charge in [0.25, 0.3) is 5.91 Å². The molecule has 0 heterocycles. The molecule has 20 heavy (non-hydrogen) atoms. The van der Waals surface area contributed by atoms with E-state index >= 15 is 0 Å². The fourth-order valence-electron chi connectivity index (χ4n) is 1.37. The van der Waals surface area contributed by atoms with Crippen LogP contribution in [0.3, 0.4) is 0 Å². The first-order valence-electron chi connectivity index (χ1n) is 5.39. The topological polar surface area (TPSA) is 75.6 Å². The maximum absolute atomic E-state index is 12.8. The molecule has 2 N–H and O–H groups in total. The number of carboxylic acids is 1. The quantitative estimate of drug-likeness (QED) is 0.887. The van der Waals surface area contributed by atoms with Crippen molar-refractivity contribution >= 4 is 11.9 Å². The highest BCUT2D eigenvalue weighted by atomic mass is 19.4. The predicted octanol–water partition coefficient (Wildman–Crippen LogP) is 1.83. The highest BCUT2D eigenvalue weighted by molar-refractivity contribution is 6.00. The molecule has 1 atom stereocenters. The number of halogens is 3. The molecule has 0 aliphatic carbocycles. The summed E-state index contributed by atoms with van der Waals surface area (Å²) in [6.07, 6.45) is -5.14. The van der Waals surface area contributed by atoms with Crippen molar-refractivity contribution in [3.05, 3.63) is 29.8 Å². The molecule has 1 amide bonds. The van der Waals surface area contributed by atoms with Crippen molar-refractivity contribution in [3.63, 3.8) is 0 Å². The summed E-state index contributed by atoms with van der Waals surface area (Å²) in [5.41, 5.74) is -3.57. The van der Waals surface area contributed by atoms with Crippen molar-refractivity contribution in [2.75, 3.05) is 7.11 Å². The smallest absolute Gasteiger partial charge is 0.422 e. The monoisotopic (exact) mass is 291 g/mol. The van der Waals surface area contributed by atoms with Crippen molar-refractivity contribution in [1.29, 1.82) is 0 Å². The van der Waals surface area contributed by atoms with Crippen LogP contribution < -0.4 is 10.1 Å². The average molecular weight is 291 g/mol. The van der Waals surface area contributed by atoms with Gasteiger partial charge in [-0.05, 0) is 19.1 Å². The van der Waals surface area contributed by atoms with Crippen molar-refractivity contribution in [3.8, 4) is 5.75 Å². The maximum Gasteiger partial charge on any atom is 0.422 e. The Kier molecular flexibility index (Phi) is 4.26. The third-order valence-corrected chi connectivity index (χ3v) is 2.71. The summed E-state index contributed by atoms with van der Waals surface area (Å²) in [6.45, 7) is 0.378. The number of para-hydroxylation sites is 1. The lowest BCUT2D eigenvalue weighted by Crippen LogP contribution is -2.61. The van der Waals surface area contributed by atoms with Crippen LogP contribution >= 0.6 is 0 Å². The van der Waals surface area contributed by atoms with E-state index in [1.54, 1.807) is 0 Å². The summed E-state index contributed by atoms with van der Waals surface area (Å²) >= 11 is 0. The van der Waals surface area contributed by atoms with Gasteiger partial charge in [0, 0.05) is 0 Å². The fraction of sp³-hybridized carbons (Fsp3) is 0.333. The number of benzene rings is 1. The van der Waals surface area contributed by atoms with E-state index in [0.29, 0.717) is 6.92 Å². The van der Waals surface area contributed by atoms with Crippen LogP contribution in [0.2, 0.25) is 0 Å². The summed E-state index contributed by atoms with van der Waals surface area (Å²) < 4.78 is 43.2. The largest absolute Gasteiger partial charge is 0.496 e. The predicted molar refractivity (Wildman–Crippen MR) is 62.6 cm³/mol. The molecule has 0 saturated carbocycles. The average Bonchev–Trinajstić information content (AvgIpc) is 2.36. The molecular formula is C12H12F3NO4. The van der Waals surface area contributed by atoms with Gasteiger partial charge in [0.2, 0.25) is 5.54 Å². The molecule has 0 bridgehead atoms. The zero-order chi connectivity index (χ0) is 15.6. The van der Waals surface area contributed by atoms with Gasteiger partial charge in [-0.2, -0.15) is 13.2 Å². The SMILES string of the molecule is COc1ccccc1C(=O)NC(C)(C(=O)O)C(F)(F)F. The highest BCUT2D eigenvalue weighted by Gasteiger charge is 2.58. The van der Waals surface area contributed by atoms with E-state index in [2.05, 4.69) is 0 Å². The molecule has 0 radical (unpaired) electrons. The van der Waals surface area contributed by atoms with Crippen LogP contribution in [0, 0.1) is 0 Å². The van der Waals surface area contributed by atoms with E-state index in [1.165, 1.54) is 36.7 Å². The lowest BCUT2D eigenvalue weighted by Gasteiger charge is -2.28. The second-order valence-corrected chi connectivity index (χ2v) is 4.08. The Morgan fingerprint density at radius 1 is 1.25 bits per heavy atom. The molecular weight excluding hydrogens is 279 g/mol. The molecule has 0 saturated heterocycles. The standard InChI is InChI=1S/C12H12F3NO4/c1-11(10(18)19,12(13,14)15)16-9(17)7-5-3-4-6-8(7)20-2/h3-6H,1-2H3,(H,16,17)(H,18,19). The second-order valence-electron chi connectivity index (χ2n) is 4.08. The molecule has 110 valence electrons. The number of hydrogen-bond acceptors (Lipinski definition) is 3. The third kappa shape index (κ3) is 2.84. The molecule has 0 aromatic heterocycles. The number of carbonyl (C=O) groups excluding carboxylic acids is 1. The number of amides is 1. The first-order chi connectivity index (χ1) is 9.13. The first-order valence-corrected chi connectivity index (χ1v) is 5.39. The maximum atomic E-state index is 12.8. The molecule has 1 rings (SSSR count). The van der Waals surface area contributed by atoms with Gasteiger partial charge >= 0.3 is 12.1 Å². The van der Waals surface area contributed by atoms with Gasteiger partial charge in [-0.3, -0.25) is 4.79 Å². The molecule has 1 unspecified atom stereocenters. The Balaban J connectivity index is 3.13. The molecule has 0 aliphatic heterocycles. The van der Waals surface area contributed by atoms with Crippen LogP contribution in [0.15, 0.2) is 24.3 Å². The van der Waals surface area contributed by atoms with Gasteiger partial charge in [0.05, 0.1) is 12.7 Å². The summed E-state index contributed by atoms with van der Waals surface area (Å²) in [7, 11) is 1.24. The number of hydrogen-bond donors (Lipinski definition) is 2. The number of aliphatic carboxylic acids is 1. The van der Waals surface area contributed by atoms with E-state index in [9.17, 15) is 22.8 Å². The van der Waals surface area contributed by atoms with Gasteiger partial charge in [0.15, 0.2) is 0 Å². The van der Waals surface area contributed by atoms with Gasteiger partial charge in [0.1, 0.15) is 5.75 Å². The highest BCUT2D eigenvalue weighted by Crippen LogP contribution is 2.31. The van der Waals surface area contributed by atoms with Crippen LogP contribution in [-0.2, 0) is 4.79 Å². The Labute approximate surface area is 112 Å². The van der Waals surface area contributed by atoms with Gasteiger partial charge in [-0.15, -0.1) is 0 Å². The molecule has 0 spiro atoms. The van der Waals surface area contributed by atoms with Crippen molar-refractivity contribution < 1.29 is 32.6 Å². The van der Waals surface area contributed by atoms with E-state index < -0.39 is 23.6 Å². The number of methoxy groups -OCH3 is 1. The van der Waals surface area contributed by atoms with Crippen LogP contribution in [0.5, 0.6) is 5.75 Å². The first kappa shape index (κ1) is 15.8. The minimum atomic E-state index is -5.14. The van der Waals surface area contributed by atoms with Crippen LogP contribution in [0.4, 0.5) is 13.2 Å². The van der Waals surface area contributed by atoms with E-state index in [-0.39, 0.29) is 11.3 Å². The molecule has 0 aliphatic rings. The number of rotatable bonds is 4. The van der Waals surface area contributed by atoms with Crippen molar-refractivity contribution in [1.82, 2.24) is 5.32 Å². The van der Waals surface area contributed by atoms with E-state index in [1.807, 2.05) is 0 Å². The van der Waals surface area contributed by atoms with Crippen molar-refractivity contribution in [2.24, 2.45) is 0 Å². The number of ether oxygens (including phenoxy) is 1. The molecule has 8 heteroatoms. The van der Waals surface area contributed by atoms with Gasteiger partial charge in [-0.1, -0.05) is 12.1 Å². The Morgan fingerprint density at radius 3 is 2.25 bits per heavy atom. The Bertz CT molecular complexity index is 530. The van der Waals surface area contributed by atoms with Gasteiger partial charge in [-0.25, -0.2) is 4.79 Å². The van der Waals surface area contributed by atoms with Gasteiger partial charge < -0.3 is 15.2 Å². The molecule has 5 nitrogen and oxygen atoms in total. The zero-order valence-electron chi connectivity index (χ0n) is 10.6. The van der Waals surface area contributed by atoms with E-state index in [0.717, 1.165) is 0 Å². The summed E-state index contributed by atoms with van der Waals surface area (Å²) in [4.78, 5) is 22.7. The number of carbonyl (C=O) groups is 2. The van der Waals surface area contributed by atoms with E-state index in [4.69, 9.17) is 9.84 Å². The number of alkyl halides is 3. The van der Waals surface area contributed by atoms with Crippen LogP contribution in [-0.4, -0.2) is 35.8 Å². The summed E-state index contributed by atoms with van der Waals surface area (Å²) in [6, 6.07) is 5.55. The molecule has 1 aromatic carbocycles. The Morgan fingerprint density at radius 2 is 1.80 bits per heavy atom. The summed E-state index contributed by atoms with van der Waals surface area (Å²) in [5, 5.41) is 10.2. The fourth-order valence-corrected chi connectivity index (χ4v) is 1.37. The minimum Gasteiger partial charge on any atom is -0.496 e. The lowest BCUT2D eigenvalue weighted by atomic mass is 10.0. The normalized spacial score (nSPS) is 14.2.